The van der Waals surface area contributed by atoms with Crippen LogP contribution in [0.15, 0.2) is 36.5 Å². The van der Waals surface area contributed by atoms with Gasteiger partial charge in [0.2, 0.25) is 5.91 Å². The molecule has 4 nitrogen and oxygen atoms in total. The van der Waals surface area contributed by atoms with Crippen LogP contribution >= 0.6 is 0 Å². The molecular weight excluding hydrogens is 271 g/mol. The summed E-state index contributed by atoms with van der Waals surface area (Å²) in [6.07, 6.45) is 2.63. The first-order valence-corrected chi connectivity index (χ1v) is 6.81. The van der Waals surface area contributed by atoms with Gasteiger partial charge in [-0.1, -0.05) is 6.07 Å². The molecule has 5 heteroatoms. The average Bonchev–Trinajstić information content (AvgIpc) is 2.46. The highest BCUT2D eigenvalue weighted by Crippen LogP contribution is 2.36. The predicted octanol–water partition coefficient (Wildman–Crippen LogP) is 3.25. The summed E-state index contributed by atoms with van der Waals surface area (Å²) in [5.41, 5.74) is 2.05. The van der Waals surface area contributed by atoms with Crippen LogP contribution in [0.25, 0.3) is 0 Å². The van der Waals surface area contributed by atoms with Crippen molar-refractivity contribution in [2.24, 2.45) is 0 Å². The molecule has 1 aliphatic heterocycles. The van der Waals surface area contributed by atoms with Crippen LogP contribution < -0.4 is 10.1 Å². The van der Waals surface area contributed by atoms with Crippen molar-refractivity contribution in [2.45, 2.75) is 25.9 Å². The number of anilines is 1. The lowest BCUT2D eigenvalue weighted by Gasteiger charge is -2.26. The minimum Gasteiger partial charge on any atom is -0.484 e. The summed E-state index contributed by atoms with van der Waals surface area (Å²) in [6, 6.07) is 8.47. The second kappa shape index (κ2) is 5.52. The Balaban J connectivity index is 1.87. The van der Waals surface area contributed by atoms with E-state index in [1.165, 1.54) is 13.0 Å². The maximum absolute atomic E-state index is 13.8. The van der Waals surface area contributed by atoms with Crippen molar-refractivity contribution in [3.63, 3.8) is 0 Å². The van der Waals surface area contributed by atoms with Gasteiger partial charge < -0.3 is 10.1 Å². The molecule has 0 unspecified atom stereocenters. The lowest BCUT2D eigenvalue weighted by atomic mass is 9.99. The number of rotatable bonds is 2. The van der Waals surface area contributed by atoms with Crippen molar-refractivity contribution < 1.29 is 13.9 Å². The number of fused-ring (bicyclic) bond motifs is 1. The fraction of sp³-hybridized carbons (Fsp3) is 0.250. The van der Waals surface area contributed by atoms with E-state index in [0.717, 1.165) is 12.0 Å². The molecule has 0 radical (unpaired) electrons. The summed E-state index contributed by atoms with van der Waals surface area (Å²) in [5.74, 6) is 0.171. The molecule has 1 atom stereocenters. The van der Waals surface area contributed by atoms with Crippen molar-refractivity contribution in [1.82, 2.24) is 4.98 Å². The van der Waals surface area contributed by atoms with Crippen molar-refractivity contribution in [3.8, 4) is 5.75 Å². The number of aryl methyl sites for hydroxylation is 1. The number of nitrogens with zero attached hydrogens (tertiary/aromatic N) is 1. The Hall–Kier alpha value is -2.43. The number of ether oxygens (including phenoxy) is 1. The van der Waals surface area contributed by atoms with E-state index in [4.69, 9.17) is 4.74 Å². The van der Waals surface area contributed by atoms with Gasteiger partial charge in [-0.15, -0.1) is 0 Å². The first kappa shape index (κ1) is 13.5. The molecule has 0 saturated heterocycles. The highest BCUT2D eigenvalue weighted by molar-refractivity contribution is 5.88. The van der Waals surface area contributed by atoms with Gasteiger partial charge in [-0.25, -0.2) is 4.39 Å². The van der Waals surface area contributed by atoms with Crippen molar-refractivity contribution in [3.05, 3.63) is 53.6 Å². The van der Waals surface area contributed by atoms with Gasteiger partial charge in [0.25, 0.3) is 0 Å². The number of pyridine rings is 1. The zero-order valence-corrected chi connectivity index (χ0v) is 11.6. The summed E-state index contributed by atoms with van der Waals surface area (Å²) in [6.45, 7) is 1.45. The Kier molecular flexibility index (Phi) is 3.56. The molecule has 2 aromatic rings. The summed E-state index contributed by atoms with van der Waals surface area (Å²) in [7, 11) is 0. The number of hydrogen-bond donors (Lipinski definition) is 1. The third kappa shape index (κ3) is 2.86. The first-order chi connectivity index (χ1) is 10.1. The van der Waals surface area contributed by atoms with Gasteiger partial charge in [-0.2, -0.15) is 0 Å². The molecule has 21 heavy (non-hydrogen) atoms. The lowest BCUT2D eigenvalue weighted by Crippen LogP contribution is -2.18. The third-order valence-electron chi connectivity index (χ3n) is 3.42. The van der Waals surface area contributed by atoms with Crippen LogP contribution in [0.3, 0.4) is 0 Å². The van der Waals surface area contributed by atoms with E-state index in [2.05, 4.69) is 10.3 Å². The van der Waals surface area contributed by atoms with E-state index in [1.807, 2.05) is 12.1 Å². The fourth-order valence-corrected chi connectivity index (χ4v) is 2.48. The number of amides is 1. The van der Waals surface area contributed by atoms with Crippen LogP contribution in [0.2, 0.25) is 0 Å². The monoisotopic (exact) mass is 286 g/mol. The molecule has 108 valence electrons. The van der Waals surface area contributed by atoms with Crippen LogP contribution in [-0.4, -0.2) is 10.9 Å². The average molecular weight is 286 g/mol. The van der Waals surface area contributed by atoms with Gasteiger partial charge in [0, 0.05) is 24.9 Å². The molecule has 1 aromatic carbocycles. The summed E-state index contributed by atoms with van der Waals surface area (Å²) >= 11 is 0. The molecule has 0 aliphatic carbocycles. The number of hydrogen-bond acceptors (Lipinski definition) is 3. The van der Waals surface area contributed by atoms with Gasteiger partial charge in [0.05, 0.1) is 0 Å². The number of aromatic nitrogens is 1. The highest BCUT2D eigenvalue weighted by atomic mass is 19.1. The van der Waals surface area contributed by atoms with E-state index in [0.29, 0.717) is 23.6 Å². The number of nitrogens with one attached hydrogen (secondary N) is 1. The third-order valence-corrected chi connectivity index (χ3v) is 3.42. The highest BCUT2D eigenvalue weighted by Gasteiger charge is 2.25. The quantitative estimate of drug-likeness (QED) is 0.922. The molecule has 2 heterocycles. The zero-order valence-electron chi connectivity index (χ0n) is 11.6. The maximum Gasteiger partial charge on any atom is 0.221 e. The molecule has 1 N–H and O–H groups in total. The Labute approximate surface area is 122 Å². The predicted molar refractivity (Wildman–Crippen MR) is 76.6 cm³/mol. The maximum atomic E-state index is 13.8. The van der Waals surface area contributed by atoms with Crippen molar-refractivity contribution >= 4 is 11.6 Å². The van der Waals surface area contributed by atoms with E-state index in [-0.39, 0.29) is 11.7 Å². The van der Waals surface area contributed by atoms with E-state index in [9.17, 15) is 9.18 Å². The largest absolute Gasteiger partial charge is 0.484 e. The lowest BCUT2D eigenvalue weighted by molar-refractivity contribution is -0.114. The minimum absolute atomic E-state index is 0.141. The summed E-state index contributed by atoms with van der Waals surface area (Å²) < 4.78 is 19.7. The molecule has 0 bridgehead atoms. The van der Waals surface area contributed by atoms with Gasteiger partial charge in [0.1, 0.15) is 23.4 Å². The fourth-order valence-electron chi connectivity index (χ4n) is 2.48. The topological polar surface area (TPSA) is 51.2 Å². The van der Waals surface area contributed by atoms with Crippen molar-refractivity contribution in [2.75, 3.05) is 5.32 Å². The van der Waals surface area contributed by atoms with Crippen LogP contribution in [0, 0.1) is 5.82 Å². The zero-order chi connectivity index (χ0) is 14.8. The molecule has 1 aliphatic rings. The van der Waals surface area contributed by atoms with Crippen LogP contribution in [0.5, 0.6) is 5.75 Å². The van der Waals surface area contributed by atoms with Gasteiger partial charge in [0.15, 0.2) is 0 Å². The van der Waals surface area contributed by atoms with E-state index < -0.39 is 6.10 Å². The number of carbonyl (C=O) groups excluding carboxylic acids is 1. The molecule has 3 rings (SSSR count). The molecular formula is C16H15FN2O2. The molecule has 0 fully saturated rings. The number of halogens is 1. The normalized spacial score (nSPS) is 16.8. The standard InChI is InChI=1S/C16H15FN2O2/c1-10(20)19-12-6-4-11-5-7-14(21-15(11)9-12)16-13(17)3-2-8-18-16/h2-4,6,8-9,14H,5,7H2,1H3,(H,19,20)/t14-/m1/s1. The van der Waals surface area contributed by atoms with Gasteiger partial charge >= 0.3 is 0 Å². The molecule has 0 saturated carbocycles. The molecule has 1 aromatic heterocycles. The van der Waals surface area contributed by atoms with Crippen LogP contribution in [0.1, 0.15) is 30.7 Å². The van der Waals surface area contributed by atoms with E-state index in [1.54, 1.807) is 18.3 Å². The molecule has 0 spiro atoms. The SMILES string of the molecule is CC(=O)Nc1ccc2c(c1)O[C@@H](c1ncccc1F)CC2. The molecule has 1 amide bonds. The van der Waals surface area contributed by atoms with Gasteiger partial charge in [-0.05, 0) is 36.6 Å². The van der Waals surface area contributed by atoms with Gasteiger partial charge in [-0.3, -0.25) is 9.78 Å². The summed E-state index contributed by atoms with van der Waals surface area (Å²) in [4.78, 5) is 15.2. The minimum atomic E-state index is -0.397. The van der Waals surface area contributed by atoms with E-state index >= 15 is 0 Å². The second-order valence-corrected chi connectivity index (χ2v) is 5.02. The second-order valence-electron chi connectivity index (χ2n) is 5.02. The Morgan fingerprint density at radius 3 is 3.05 bits per heavy atom. The Morgan fingerprint density at radius 2 is 2.29 bits per heavy atom. The van der Waals surface area contributed by atoms with Crippen LogP contribution in [0.4, 0.5) is 10.1 Å². The van der Waals surface area contributed by atoms with Crippen molar-refractivity contribution in [1.29, 1.82) is 0 Å². The van der Waals surface area contributed by atoms with Crippen LogP contribution in [-0.2, 0) is 11.2 Å². The smallest absolute Gasteiger partial charge is 0.221 e. The Bertz CT molecular complexity index is 688. The number of benzene rings is 1. The first-order valence-electron chi connectivity index (χ1n) is 6.81. The number of carbonyl (C=O) groups is 1. The summed E-state index contributed by atoms with van der Waals surface area (Å²) in [5, 5.41) is 2.71. The Morgan fingerprint density at radius 1 is 1.43 bits per heavy atom.